The van der Waals surface area contributed by atoms with Crippen molar-refractivity contribution in [3.8, 4) is 11.3 Å². The molecule has 1 aromatic heterocycles. The molecule has 0 spiro atoms. The van der Waals surface area contributed by atoms with Gasteiger partial charge < -0.3 is 20.5 Å². The first kappa shape index (κ1) is 19.5. The van der Waals surface area contributed by atoms with Crippen molar-refractivity contribution in [3.63, 3.8) is 0 Å². The molecule has 28 heavy (non-hydrogen) atoms. The average Bonchev–Trinajstić information content (AvgIpc) is 3.19. The monoisotopic (exact) mass is 399 g/mol. The minimum absolute atomic E-state index is 0.00977. The quantitative estimate of drug-likeness (QED) is 0.673. The number of nitrogens with one attached hydrogen (secondary N) is 1. The Labute approximate surface area is 171 Å². The van der Waals surface area contributed by atoms with Crippen molar-refractivity contribution < 1.29 is 4.79 Å². The van der Waals surface area contributed by atoms with E-state index in [1.54, 1.807) is 0 Å². The Bertz CT molecular complexity index is 802. The molecule has 0 radical (unpaired) electrons. The number of aromatic nitrogens is 2. The highest BCUT2D eigenvalue weighted by Crippen LogP contribution is 2.35. The van der Waals surface area contributed by atoms with Crippen molar-refractivity contribution in [2.75, 3.05) is 25.4 Å². The van der Waals surface area contributed by atoms with Gasteiger partial charge in [-0.1, -0.05) is 30.3 Å². The maximum absolute atomic E-state index is 13.0. The van der Waals surface area contributed by atoms with Gasteiger partial charge in [0.15, 0.2) is 0 Å². The van der Waals surface area contributed by atoms with Gasteiger partial charge in [0.2, 0.25) is 5.91 Å². The first-order valence-electron chi connectivity index (χ1n) is 10.2. The van der Waals surface area contributed by atoms with Gasteiger partial charge in [0, 0.05) is 30.6 Å². The number of rotatable bonds is 5. The predicted octanol–water partition coefficient (Wildman–Crippen LogP) is 2.08. The fourth-order valence-corrected chi connectivity index (χ4v) is 4.51. The number of fused-ring (bicyclic) bond motifs is 1. The Balaban J connectivity index is 1.66. The molecule has 7 heteroatoms. The van der Waals surface area contributed by atoms with E-state index < -0.39 is 6.04 Å². The van der Waals surface area contributed by atoms with Gasteiger partial charge in [-0.05, 0) is 38.3 Å². The Kier molecular flexibility index (Phi) is 6.04. The van der Waals surface area contributed by atoms with E-state index in [0.29, 0.717) is 18.2 Å². The van der Waals surface area contributed by atoms with Crippen LogP contribution in [0.5, 0.6) is 0 Å². The van der Waals surface area contributed by atoms with Gasteiger partial charge in [-0.15, -0.1) is 0 Å². The first-order valence-corrected chi connectivity index (χ1v) is 10.8. The maximum Gasteiger partial charge on any atom is 0.241 e. The lowest BCUT2D eigenvalue weighted by atomic mass is 9.89. The zero-order valence-corrected chi connectivity index (χ0v) is 17.0. The predicted molar refractivity (Wildman–Crippen MR) is 114 cm³/mol. The van der Waals surface area contributed by atoms with Crippen LogP contribution in [0.25, 0.3) is 11.3 Å². The van der Waals surface area contributed by atoms with Crippen LogP contribution in [0.2, 0.25) is 0 Å². The van der Waals surface area contributed by atoms with E-state index in [1.165, 1.54) is 0 Å². The van der Waals surface area contributed by atoms with Crippen LogP contribution >= 0.6 is 12.6 Å². The number of hydrogen-bond donors (Lipinski definition) is 3. The van der Waals surface area contributed by atoms with Crippen LogP contribution in [0.3, 0.4) is 0 Å². The zero-order valence-electron chi connectivity index (χ0n) is 16.1. The molecule has 2 aromatic rings. The molecule has 3 N–H and O–H groups in total. The number of imidazole rings is 1. The Morgan fingerprint density at radius 2 is 2.00 bits per heavy atom. The van der Waals surface area contributed by atoms with E-state index in [2.05, 4.69) is 40.8 Å². The van der Waals surface area contributed by atoms with Crippen molar-refractivity contribution >= 4 is 18.5 Å². The topological polar surface area (TPSA) is 76.2 Å². The average molecular weight is 400 g/mol. The highest BCUT2D eigenvalue weighted by molar-refractivity contribution is 7.80. The number of amides is 1. The van der Waals surface area contributed by atoms with Crippen LogP contribution in [0, 0.1) is 5.92 Å². The number of thiol groups is 1. The van der Waals surface area contributed by atoms with E-state index >= 15 is 0 Å². The van der Waals surface area contributed by atoms with E-state index in [1.807, 2.05) is 23.1 Å². The van der Waals surface area contributed by atoms with Gasteiger partial charge in [-0.2, -0.15) is 12.6 Å². The molecule has 1 saturated heterocycles. The molecule has 0 unspecified atom stereocenters. The number of nitrogens with zero attached hydrogens (tertiary/aromatic N) is 3. The third-order valence-corrected chi connectivity index (χ3v) is 6.34. The molecular formula is C21H29N5OS. The second-order valence-electron chi connectivity index (χ2n) is 7.81. The fourth-order valence-electron chi connectivity index (χ4n) is 4.35. The van der Waals surface area contributed by atoms with Gasteiger partial charge in [0.1, 0.15) is 5.82 Å². The standard InChI is InChI=1S/C21H29N5OS/c22-17(14-28)21(27)26-11-10-25-13-18(16-4-2-1-3-5-16)24-20(25)19(26)12-15-6-8-23-9-7-15/h1-5,13,15,17,19,23,28H,6-12,14,22H2/t17-,19-/m0/s1. The highest BCUT2D eigenvalue weighted by atomic mass is 32.1. The van der Waals surface area contributed by atoms with E-state index in [4.69, 9.17) is 10.7 Å². The zero-order chi connectivity index (χ0) is 19.5. The number of carbonyl (C=O) groups excluding carboxylic acids is 1. The molecule has 0 bridgehead atoms. The van der Waals surface area contributed by atoms with Gasteiger partial charge >= 0.3 is 0 Å². The smallest absolute Gasteiger partial charge is 0.241 e. The molecule has 1 amide bonds. The second-order valence-corrected chi connectivity index (χ2v) is 8.17. The molecule has 4 rings (SSSR count). The van der Waals surface area contributed by atoms with Crippen LogP contribution < -0.4 is 11.1 Å². The summed E-state index contributed by atoms with van der Waals surface area (Å²) < 4.78 is 2.23. The number of carbonyl (C=O) groups is 1. The van der Waals surface area contributed by atoms with Gasteiger partial charge in [0.05, 0.1) is 17.8 Å². The number of piperidine rings is 1. The molecule has 150 valence electrons. The molecular weight excluding hydrogens is 370 g/mol. The SMILES string of the molecule is N[C@@H](CS)C(=O)N1CCn2cc(-c3ccccc3)nc2[C@@H]1CC1CCNCC1. The van der Waals surface area contributed by atoms with E-state index in [9.17, 15) is 4.79 Å². The van der Waals surface area contributed by atoms with Crippen molar-refractivity contribution in [1.29, 1.82) is 0 Å². The highest BCUT2D eigenvalue weighted by Gasteiger charge is 2.36. The molecule has 3 heterocycles. The molecule has 0 saturated carbocycles. The third kappa shape index (κ3) is 3.97. The lowest BCUT2D eigenvalue weighted by molar-refractivity contribution is -0.136. The van der Waals surface area contributed by atoms with E-state index in [0.717, 1.165) is 56.0 Å². The van der Waals surface area contributed by atoms with Gasteiger partial charge in [-0.25, -0.2) is 4.98 Å². The molecule has 2 atom stereocenters. The Morgan fingerprint density at radius 3 is 2.71 bits per heavy atom. The van der Waals surface area contributed by atoms with Crippen molar-refractivity contribution in [2.45, 2.75) is 37.9 Å². The summed E-state index contributed by atoms with van der Waals surface area (Å²) in [6, 6.07) is 9.65. The number of benzene rings is 1. The van der Waals surface area contributed by atoms with Crippen LogP contribution in [-0.4, -0.2) is 51.8 Å². The summed E-state index contributed by atoms with van der Waals surface area (Å²) in [5, 5.41) is 3.43. The lowest BCUT2D eigenvalue weighted by Crippen LogP contribution is -2.50. The number of nitrogens with two attached hydrogens (primary N) is 1. The van der Waals surface area contributed by atoms with Gasteiger partial charge in [-0.3, -0.25) is 4.79 Å². The second kappa shape index (κ2) is 8.68. The minimum atomic E-state index is -0.561. The Hall–Kier alpha value is -1.83. The van der Waals surface area contributed by atoms with Crippen molar-refractivity contribution in [1.82, 2.24) is 19.8 Å². The van der Waals surface area contributed by atoms with Crippen molar-refractivity contribution in [2.24, 2.45) is 11.7 Å². The molecule has 0 aliphatic carbocycles. The first-order chi connectivity index (χ1) is 13.7. The fraction of sp³-hybridized carbons (Fsp3) is 0.524. The molecule has 2 aliphatic rings. The van der Waals surface area contributed by atoms with Crippen LogP contribution in [0.1, 0.15) is 31.1 Å². The van der Waals surface area contributed by atoms with Crippen molar-refractivity contribution in [3.05, 3.63) is 42.4 Å². The third-order valence-electron chi connectivity index (χ3n) is 5.95. The summed E-state index contributed by atoms with van der Waals surface area (Å²) in [7, 11) is 0. The Morgan fingerprint density at radius 1 is 1.25 bits per heavy atom. The normalized spacial score (nSPS) is 21.4. The summed E-state index contributed by atoms with van der Waals surface area (Å²) in [4.78, 5) is 19.9. The summed E-state index contributed by atoms with van der Waals surface area (Å²) in [5.74, 6) is 1.93. The van der Waals surface area contributed by atoms with E-state index in [-0.39, 0.29) is 11.9 Å². The molecule has 2 aliphatic heterocycles. The van der Waals surface area contributed by atoms with Crippen LogP contribution in [-0.2, 0) is 11.3 Å². The molecule has 1 fully saturated rings. The van der Waals surface area contributed by atoms with Gasteiger partial charge in [0.25, 0.3) is 0 Å². The van der Waals surface area contributed by atoms with Crippen LogP contribution in [0.4, 0.5) is 0 Å². The minimum Gasteiger partial charge on any atom is -0.331 e. The maximum atomic E-state index is 13.0. The summed E-state index contributed by atoms with van der Waals surface area (Å²) >= 11 is 4.24. The molecule has 1 aromatic carbocycles. The summed E-state index contributed by atoms with van der Waals surface area (Å²) in [6.45, 7) is 3.52. The summed E-state index contributed by atoms with van der Waals surface area (Å²) in [6.07, 6.45) is 5.35. The largest absolute Gasteiger partial charge is 0.331 e. The number of hydrogen-bond acceptors (Lipinski definition) is 5. The molecule has 6 nitrogen and oxygen atoms in total. The van der Waals surface area contributed by atoms with Crippen LogP contribution in [0.15, 0.2) is 36.5 Å². The lowest BCUT2D eigenvalue weighted by Gasteiger charge is -2.39. The summed E-state index contributed by atoms with van der Waals surface area (Å²) in [5.41, 5.74) is 8.13.